The lowest BCUT2D eigenvalue weighted by Gasteiger charge is -2.28. The number of carboxylic acids is 1. The summed E-state index contributed by atoms with van der Waals surface area (Å²) < 4.78 is 39.4. The zero-order valence-corrected chi connectivity index (χ0v) is 24.7. The number of carbonyl (C=O) groups is 1. The Morgan fingerprint density at radius 3 is 2.33 bits per heavy atom. The number of aromatic nitrogens is 5. The molecule has 5 aromatic rings. The molecule has 2 fully saturated rings. The summed E-state index contributed by atoms with van der Waals surface area (Å²) in [6.45, 7) is 6.87. The maximum absolute atomic E-state index is 10.6. The molecule has 11 nitrogen and oxygen atoms in total. The number of fused-ring (bicyclic) bond motifs is 2. The highest BCUT2D eigenvalue weighted by Crippen LogP contribution is 2.28. The fourth-order valence-electron chi connectivity index (χ4n) is 5.24. The van der Waals surface area contributed by atoms with Gasteiger partial charge in [0.1, 0.15) is 5.82 Å². The van der Waals surface area contributed by atoms with E-state index in [1.807, 2.05) is 48.8 Å². The first-order chi connectivity index (χ1) is 22.3. The number of hydrogen-bond acceptors (Lipinski definition) is 9. The predicted octanol–water partition coefficient (Wildman–Crippen LogP) is 4.39. The van der Waals surface area contributed by atoms with E-state index in [4.69, 9.17) is 34.6 Å². The number of aliphatic carboxylic acids is 1. The number of para-hydroxylation sites is 1. The van der Waals surface area contributed by atoms with Gasteiger partial charge in [-0.1, -0.05) is 24.3 Å². The summed E-state index contributed by atoms with van der Waals surface area (Å²) in [4.78, 5) is 32.9. The lowest BCUT2D eigenvalue weighted by molar-refractivity contribution is -0.192. The number of hydrogen-bond donors (Lipinski definition) is 2. The number of rotatable bonds is 5. The van der Waals surface area contributed by atoms with Crippen LogP contribution in [0.1, 0.15) is 11.4 Å². The van der Waals surface area contributed by atoms with Crippen LogP contribution >= 0.6 is 0 Å². The van der Waals surface area contributed by atoms with E-state index in [1.165, 1.54) is 0 Å². The van der Waals surface area contributed by atoms with Crippen LogP contribution in [0, 0.1) is 0 Å². The highest BCUT2D eigenvalue weighted by atomic mass is 19.4. The largest absolute Gasteiger partial charge is 0.490 e. The van der Waals surface area contributed by atoms with Crippen LogP contribution in [-0.4, -0.2) is 94.1 Å². The summed E-state index contributed by atoms with van der Waals surface area (Å²) >= 11 is 0. The van der Waals surface area contributed by atoms with Gasteiger partial charge in [0.25, 0.3) is 0 Å². The maximum Gasteiger partial charge on any atom is 0.490 e. The second-order valence-electron chi connectivity index (χ2n) is 10.6. The standard InChI is InChI=1S/C30H30N8O.C2HF3O2/c1-2-4-26-22(3-1)5-7-24(34-26)8-9-25-21-38-27(20-33-29(30(38)35-25)37-15-17-39-18-16-37)23-6-10-28(32-19-23)36-13-11-31-12-14-36;3-2(4,5)1(6)7/h1-10,19-21,31H,11-18H2;(H,6,7)/b9-8+;. The quantitative estimate of drug-likeness (QED) is 0.289. The number of halogens is 3. The summed E-state index contributed by atoms with van der Waals surface area (Å²) in [7, 11) is 0. The number of imidazole rings is 1. The van der Waals surface area contributed by atoms with Crippen molar-refractivity contribution in [3.63, 3.8) is 0 Å². The molecule has 14 heteroatoms. The number of pyridine rings is 2. The van der Waals surface area contributed by atoms with Gasteiger partial charge in [-0.15, -0.1) is 0 Å². The highest BCUT2D eigenvalue weighted by molar-refractivity contribution is 5.81. The normalized spacial score (nSPS) is 15.7. The fraction of sp³-hybridized carbons (Fsp3) is 0.281. The Kier molecular flexibility index (Phi) is 9.08. The Hall–Kier alpha value is -5.08. The summed E-state index contributed by atoms with van der Waals surface area (Å²) in [5.41, 5.74) is 5.50. The molecule has 2 saturated heterocycles. The maximum atomic E-state index is 10.6. The smallest absolute Gasteiger partial charge is 0.475 e. The van der Waals surface area contributed by atoms with Gasteiger partial charge in [0.2, 0.25) is 0 Å². The predicted molar refractivity (Wildman–Crippen MR) is 169 cm³/mol. The molecule has 0 amide bonds. The second-order valence-corrected chi connectivity index (χ2v) is 10.6. The first kappa shape index (κ1) is 30.9. The molecule has 4 aromatic heterocycles. The monoisotopic (exact) mass is 632 g/mol. The van der Waals surface area contributed by atoms with E-state index in [1.54, 1.807) is 0 Å². The Bertz CT molecular complexity index is 1850. The lowest BCUT2D eigenvalue weighted by Crippen LogP contribution is -2.43. The van der Waals surface area contributed by atoms with E-state index in [9.17, 15) is 13.2 Å². The minimum absolute atomic E-state index is 0.689. The molecule has 0 aliphatic carbocycles. The van der Waals surface area contributed by atoms with Gasteiger partial charge in [-0.3, -0.25) is 4.40 Å². The van der Waals surface area contributed by atoms with E-state index in [2.05, 4.69) is 50.0 Å². The van der Waals surface area contributed by atoms with E-state index in [-0.39, 0.29) is 0 Å². The van der Waals surface area contributed by atoms with Crippen LogP contribution in [0.15, 0.2) is 67.1 Å². The molecular formula is C32H31F3N8O3. The van der Waals surface area contributed by atoms with Crippen molar-refractivity contribution in [2.24, 2.45) is 0 Å². The zero-order chi connectivity index (χ0) is 32.1. The molecule has 0 saturated carbocycles. The fourth-order valence-corrected chi connectivity index (χ4v) is 5.24. The van der Waals surface area contributed by atoms with Gasteiger partial charge in [0.15, 0.2) is 11.5 Å². The minimum Gasteiger partial charge on any atom is -0.475 e. The van der Waals surface area contributed by atoms with Gasteiger partial charge in [-0.25, -0.2) is 24.7 Å². The van der Waals surface area contributed by atoms with Crippen molar-refractivity contribution in [3.05, 3.63) is 78.5 Å². The number of morpholine rings is 1. The number of carboxylic acid groups (broad SMARTS) is 1. The minimum atomic E-state index is -5.08. The molecule has 46 heavy (non-hydrogen) atoms. The Balaban J connectivity index is 0.000000480. The molecule has 2 aliphatic rings. The summed E-state index contributed by atoms with van der Waals surface area (Å²) in [6.07, 6.45) is 4.89. The average Bonchev–Trinajstić information content (AvgIpc) is 3.52. The molecule has 0 unspecified atom stereocenters. The SMILES string of the molecule is C(=C\c1cn2c(-c3ccc(N4CCNCC4)nc3)cnc(N3CCOCC3)c2n1)/c1ccc2ccccc2n1.O=C(O)C(F)(F)F. The molecule has 2 N–H and O–H groups in total. The van der Waals surface area contributed by atoms with Crippen LogP contribution in [0.3, 0.4) is 0 Å². The molecule has 2 aliphatic heterocycles. The number of piperazine rings is 1. The van der Waals surface area contributed by atoms with Crippen molar-refractivity contribution in [1.82, 2.24) is 29.7 Å². The molecule has 0 atom stereocenters. The summed E-state index contributed by atoms with van der Waals surface area (Å²) in [5, 5.41) is 11.7. The van der Waals surface area contributed by atoms with Crippen molar-refractivity contribution in [1.29, 1.82) is 0 Å². The summed E-state index contributed by atoms with van der Waals surface area (Å²) in [6, 6.07) is 16.5. The Labute approximate surface area is 262 Å². The van der Waals surface area contributed by atoms with E-state index < -0.39 is 12.1 Å². The van der Waals surface area contributed by atoms with Gasteiger partial charge in [-0.2, -0.15) is 13.2 Å². The Morgan fingerprint density at radius 2 is 1.61 bits per heavy atom. The molecule has 7 rings (SSSR count). The number of nitrogens with zero attached hydrogens (tertiary/aromatic N) is 7. The molecular weight excluding hydrogens is 601 g/mol. The van der Waals surface area contributed by atoms with Crippen LogP contribution in [-0.2, 0) is 9.53 Å². The topological polar surface area (TPSA) is 121 Å². The van der Waals surface area contributed by atoms with Crippen molar-refractivity contribution >= 4 is 46.3 Å². The van der Waals surface area contributed by atoms with Crippen molar-refractivity contribution in [2.75, 3.05) is 62.3 Å². The number of nitrogens with one attached hydrogen (secondary N) is 1. The van der Waals surface area contributed by atoms with Crippen LogP contribution in [0.25, 0.3) is 40.0 Å². The first-order valence-electron chi connectivity index (χ1n) is 14.7. The van der Waals surface area contributed by atoms with Gasteiger partial charge in [-0.05, 0) is 36.4 Å². The van der Waals surface area contributed by atoms with Gasteiger partial charge in [0, 0.05) is 62.6 Å². The van der Waals surface area contributed by atoms with Crippen LogP contribution in [0.4, 0.5) is 24.8 Å². The lowest BCUT2D eigenvalue weighted by atomic mass is 10.2. The van der Waals surface area contributed by atoms with Crippen LogP contribution < -0.4 is 15.1 Å². The van der Waals surface area contributed by atoms with Gasteiger partial charge in [0.05, 0.1) is 42.0 Å². The van der Waals surface area contributed by atoms with Gasteiger partial charge < -0.3 is 25.0 Å². The van der Waals surface area contributed by atoms with Crippen LogP contribution in [0.5, 0.6) is 0 Å². The third kappa shape index (κ3) is 7.08. The van der Waals surface area contributed by atoms with E-state index in [0.717, 1.165) is 90.1 Å². The molecule has 0 spiro atoms. The van der Waals surface area contributed by atoms with Crippen LogP contribution in [0.2, 0.25) is 0 Å². The number of benzene rings is 1. The first-order valence-corrected chi connectivity index (χ1v) is 14.7. The van der Waals surface area contributed by atoms with Crippen molar-refractivity contribution in [3.8, 4) is 11.3 Å². The molecule has 1 aromatic carbocycles. The molecule has 0 radical (unpaired) electrons. The number of alkyl halides is 3. The Morgan fingerprint density at radius 1 is 0.870 bits per heavy atom. The molecule has 6 heterocycles. The van der Waals surface area contributed by atoms with Crippen molar-refractivity contribution < 1.29 is 27.8 Å². The van der Waals surface area contributed by atoms with Gasteiger partial charge >= 0.3 is 12.1 Å². The zero-order valence-electron chi connectivity index (χ0n) is 24.7. The molecule has 238 valence electrons. The highest BCUT2D eigenvalue weighted by Gasteiger charge is 2.38. The van der Waals surface area contributed by atoms with Crippen molar-refractivity contribution in [2.45, 2.75) is 6.18 Å². The third-order valence-electron chi connectivity index (χ3n) is 7.58. The molecule has 0 bridgehead atoms. The number of anilines is 2. The van der Waals surface area contributed by atoms with E-state index in [0.29, 0.717) is 13.2 Å². The second kappa shape index (κ2) is 13.5. The van der Waals surface area contributed by atoms with E-state index >= 15 is 0 Å². The summed E-state index contributed by atoms with van der Waals surface area (Å²) in [5.74, 6) is -0.880. The number of ether oxygens (including phenoxy) is 1. The third-order valence-corrected chi connectivity index (χ3v) is 7.58. The average molecular weight is 633 g/mol.